The van der Waals surface area contributed by atoms with Gasteiger partial charge in [-0.05, 0) is 74.8 Å². The van der Waals surface area contributed by atoms with Crippen LogP contribution < -0.4 is 10.6 Å². The first kappa shape index (κ1) is 23.7. The zero-order valence-electron chi connectivity index (χ0n) is 16.8. The number of halogens is 5. The van der Waals surface area contributed by atoms with Gasteiger partial charge in [0.25, 0.3) is 0 Å². The second-order valence-corrected chi connectivity index (χ2v) is 8.44. The summed E-state index contributed by atoms with van der Waals surface area (Å²) in [5.41, 5.74) is 0.216. The molecule has 1 saturated heterocycles. The molecule has 0 radical (unpaired) electrons. The van der Waals surface area contributed by atoms with Gasteiger partial charge in [0.1, 0.15) is 0 Å². The molecule has 0 spiro atoms. The van der Waals surface area contributed by atoms with Crippen molar-refractivity contribution in [2.45, 2.75) is 31.4 Å². The van der Waals surface area contributed by atoms with E-state index >= 15 is 0 Å². The Morgan fingerprint density at radius 1 is 1.06 bits per heavy atom. The van der Waals surface area contributed by atoms with Gasteiger partial charge in [0.15, 0.2) is 0 Å². The smallest absolute Gasteiger partial charge is 0.337 e. The zero-order valence-corrected chi connectivity index (χ0v) is 18.3. The second kappa shape index (κ2) is 10.6. The van der Waals surface area contributed by atoms with E-state index in [0.717, 1.165) is 43.8 Å². The van der Waals surface area contributed by atoms with E-state index in [2.05, 4.69) is 15.5 Å². The molecular formula is C22H24Cl2F3N3O. The van der Waals surface area contributed by atoms with Gasteiger partial charge in [0, 0.05) is 18.2 Å². The van der Waals surface area contributed by atoms with Crippen molar-refractivity contribution in [3.05, 3.63) is 63.6 Å². The molecule has 1 fully saturated rings. The minimum atomic E-state index is -4.47. The van der Waals surface area contributed by atoms with Crippen LogP contribution in [0.5, 0.6) is 0 Å². The summed E-state index contributed by atoms with van der Waals surface area (Å²) in [6, 6.07) is 9.38. The minimum Gasteiger partial charge on any atom is -0.337 e. The van der Waals surface area contributed by atoms with Gasteiger partial charge >= 0.3 is 12.2 Å². The summed E-state index contributed by atoms with van der Waals surface area (Å²) < 4.78 is 38.6. The SMILES string of the molecule is O=C(NCC(CCN1CCCC1)c1ccc(Cl)c(Cl)c1)Nc1cccc(C(F)(F)F)c1. The molecule has 2 N–H and O–H groups in total. The van der Waals surface area contributed by atoms with Crippen molar-refractivity contribution in [1.29, 1.82) is 0 Å². The fourth-order valence-corrected chi connectivity index (χ4v) is 3.97. The number of likely N-dealkylation sites (tertiary alicyclic amines) is 1. The molecule has 1 aliphatic rings. The van der Waals surface area contributed by atoms with Crippen LogP contribution in [-0.4, -0.2) is 37.1 Å². The van der Waals surface area contributed by atoms with Crippen molar-refractivity contribution in [3.8, 4) is 0 Å². The monoisotopic (exact) mass is 473 g/mol. The third-order valence-corrected chi connectivity index (χ3v) is 6.10. The number of alkyl halides is 3. The molecule has 0 bridgehead atoms. The third kappa shape index (κ3) is 7.02. The lowest BCUT2D eigenvalue weighted by molar-refractivity contribution is -0.137. The van der Waals surface area contributed by atoms with Crippen LogP contribution in [0.1, 0.15) is 36.3 Å². The van der Waals surface area contributed by atoms with E-state index in [0.29, 0.717) is 16.6 Å². The number of nitrogens with one attached hydrogen (secondary N) is 2. The number of rotatable bonds is 7. The number of amides is 2. The van der Waals surface area contributed by atoms with Crippen molar-refractivity contribution in [2.24, 2.45) is 0 Å². The fraction of sp³-hybridized carbons (Fsp3) is 0.409. The maximum Gasteiger partial charge on any atom is 0.416 e. The molecule has 3 rings (SSSR count). The molecule has 9 heteroatoms. The summed E-state index contributed by atoms with van der Waals surface area (Å²) in [6.07, 6.45) is -1.28. The minimum absolute atomic E-state index is 0.0115. The highest BCUT2D eigenvalue weighted by Gasteiger charge is 2.30. The number of urea groups is 1. The van der Waals surface area contributed by atoms with Gasteiger partial charge in [-0.2, -0.15) is 13.2 Å². The number of benzene rings is 2. The third-order valence-electron chi connectivity index (χ3n) is 5.36. The molecule has 1 atom stereocenters. The predicted molar refractivity (Wildman–Crippen MR) is 118 cm³/mol. The van der Waals surface area contributed by atoms with Crippen molar-refractivity contribution in [3.63, 3.8) is 0 Å². The van der Waals surface area contributed by atoms with Crippen molar-refractivity contribution < 1.29 is 18.0 Å². The molecule has 2 aromatic rings. The lowest BCUT2D eigenvalue weighted by atomic mass is 9.95. The average Bonchev–Trinajstić information content (AvgIpc) is 3.23. The Bertz CT molecular complexity index is 902. The van der Waals surface area contributed by atoms with E-state index in [1.54, 1.807) is 12.1 Å². The van der Waals surface area contributed by atoms with Crippen molar-refractivity contribution in [1.82, 2.24) is 10.2 Å². The van der Waals surface area contributed by atoms with Crippen molar-refractivity contribution in [2.75, 3.05) is 31.5 Å². The van der Waals surface area contributed by atoms with E-state index < -0.39 is 17.8 Å². The zero-order chi connectivity index (χ0) is 22.4. The number of hydrogen-bond acceptors (Lipinski definition) is 2. The highest BCUT2D eigenvalue weighted by atomic mass is 35.5. The van der Waals surface area contributed by atoms with Gasteiger partial charge in [-0.1, -0.05) is 35.3 Å². The number of carbonyl (C=O) groups is 1. The molecule has 2 aromatic carbocycles. The fourth-order valence-electron chi connectivity index (χ4n) is 3.66. The molecule has 0 saturated carbocycles. The maximum absolute atomic E-state index is 12.9. The molecule has 1 aliphatic heterocycles. The second-order valence-electron chi connectivity index (χ2n) is 7.62. The number of hydrogen-bond donors (Lipinski definition) is 2. The molecule has 2 amide bonds. The van der Waals surface area contributed by atoms with Crippen molar-refractivity contribution >= 4 is 34.9 Å². The summed E-state index contributed by atoms with van der Waals surface area (Å²) in [5, 5.41) is 6.14. The highest BCUT2D eigenvalue weighted by Crippen LogP contribution is 2.31. The molecule has 168 valence electrons. The first-order valence-electron chi connectivity index (χ1n) is 10.1. The van der Waals surface area contributed by atoms with Crippen LogP contribution in [0.15, 0.2) is 42.5 Å². The Labute approximate surface area is 189 Å². The lowest BCUT2D eigenvalue weighted by Crippen LogP contribution is -2.33. The Morgan fingerprint density at radius 2 is 1.81 bits per heavy atom. The summed E-state index contributed by atoms with van der Waals surface area (Å²) >= 11 is 12.2. The van der Waals surface area contributed by atoms with Gasteiger partial charge in [-0.25, -0.2) is 4.79 Å². The van der Waals surface area contributed by atoms with E-state index in [4.69, 9.17) is 23.2 Å². The van der Waals surface area contributed by atoms with Crippen LogP contribution in [0.3, 0.4) is 0 Å². The van der Waals surface area contributed by atoms with Crippen LogP contribution in [-0.2, 0) is 6.18 Å². The van der Waals surface area contributed by atoms with Gasteiger partial charge in [-0.15, -0.1) is 0 Å². The Hall–Kier alpha value is -1.96. The summed E-state index contributed by atoms with van der Waals surface area (Å²) in [7, 11) is 0. The first-order valence-corrected chi connectivity index (χ1v) is 10.9. The summed E-state index contributed by atoms with van der Waals surface area (Å²) in [6.45, 7) is 3.34. The molecular weight excluding hydrogens is 450 g/mol. The molecule has 0 aliphatic carbocycles. The Kier molecular flexibility index (Phi) is 8.08. The van der Waals surface area contributed by atoms with Crippen LogP contribution >= 0.6 is 23.2 Å². The normalized spacial score (nSPS) is 15.6. The highest BCUT2D eigenvalue weighted by molar-refractivity contribution is 6.42. The topological polar surface area (TPSA) is 44.4 Å². The Morgan fingerprint density at radius 3 is 2.48 bits per heavy atom. The average molecular weight is 474 g/mol. The predicted octanol–water partition coefficient (Wildman–Crippen LogP) is 6.40. The van der Waals surface area contributed by atoms with E-state index in [1.807, 2.05) is 6.07 Å². The van der Waals surface area contributed by atoms with Gasteiger partial charge in [0.2, 0.25) is 0 Å². The van der Waals surface area contributed by atoms with E-state index in [9.17, 15) is 18.0 Å². The summed E-state index contributed by atoms with van der Waals surface area (Å²) in [4.78, 5) is 14.7. The van der Waals surface area contributed by atoms with E-state index in [1.165, 1.54) is 25.0 Å². The number of anilines is 1. The summed E-state index contributed by atoms with van der Waals surface area (Å²) in [5.74, 6) is -0.0115. The van der Waals surface area contributed by atoms with Crippen LogP contribution in [0, 0.1) is 0 Å². The number of carbonyl (C=O) groups excluding carboxylic acids is 1. The molecule has 1 heterocycles. The standard InChI is InChI=1S/C22H24Cl2F3N3O/c23-19-7-6-15(12-20(19)24)16(8-11-30-9-1-2-10-30)14-28-21(31)29-18-5-3-4-17(13-18)22(25,26)27/h3-7,12-13,16H,1-2,8-11,14H2,(H2,28,29,31). The van der Waals surface area contributed by atoms with Gasteiger partial charge in [0.05, 0.1) is 15.6 Å². The molecule has 4 nitrogen and oxygen atoms in total. The molecule has 31 heavy (non-hydrogen) atoms. The lowest BCUT2D eigenvalue weighted by Gasteiger charge is -2.22. The first-order chi connectivity index (χ1) is 14.7. The van der Waals surface area contributed by atoms with Crippen LogP contribution in [0.4, 0.5) is 23.7 Å². The molecule has 0 aromatic heterocycles. The maximum atomic E-state index is 12.9. The largest absolute Gasteiger partial charge is 0.416 e. The van der Waals surface area contributed by atoms with Gasteiger partial charge in [-0.3, -0.25) is 0 Å². The number of nitrogens with zero attached hydrogens (tertiary/aromatic N) is 1. The Balaban J connectivity index is 1.63. The van der Waals surface area contributed by atoms with Crippen LogP contribution in [0.25, 0.3) is 0 Å². The molecule has 1 unspecified atom stereocenters. The van der Waals surface area contributed by atoms with Crippen LogP contribution in [0.2, 0.25) is 10.0 Å². The van der Waals surface area contributed by atoms with Gasteiger partial charge < -0.3 is 15.5 Å². The van der Waals surface area contributed by atoms with E-state index in [-0.39, 0.29) is 11.6 Å². The quantitative estimate of drug-likeness (QED) is 0.488.